The minimum atomic E-state index is -3.85. The predicted molar refractivity (Wildman–Crippen MR) is 92.2 cm³/mol. The van der Waals surface area contributed by atoms with Crippen LogP contribution in [0.1, 0.15) is 13.8 Å². The van der Waals surface area contributed by atoms with Crippen LogP contribution < -0.4 is 10.0 Å². The van der Waals surface area contributed by atoms with E-state index in [0.29, 0.717) is 10.8 Å². The Kier molecular flexibility index (Phi) is 5.63. The van der Waals surface area contributed by atoms with Crippen molar-refractivity contribution in [2.24, 2.45) is 13.0 Å². The first-order chi connectivity index (χ1) is 11.2. The predicted octanol–water partition coefficient (Wildman–Crippen LogP) is 2.02. The summed E-state index contributed by atoms with van der Waals surface area (Å²) in [5.74, 6) is -0.365. The molecule has 7 nitrogen and oxygen atoms in total. The number of carbonyl (C=O) groups is 1. The van der Waals surface area contributed by atoms with E-state index in [1.165, 1.54) is 28.9 Å². The lowest BCUT2D eigenvalue weighted by molar-refractivity contribution is -0.118. The number of hydrogen-bond acceptors (Lipinski definition) is 4. The number of carbonyl (C=O) groups excluding carboxylic acids is 1. The zero-order valence-corrected chi connectivity index (χ0v) is 15.1. The van der Waals surface area contributed by atoms with Crippen molar-refractivity contribution < 1.29 is 13.2 Å². The average Bonchev–Trinajstić information content (AvgIpc) is 2.90. The molecule has 0 radical (unpaired) electrons. The van der Waals surface area contributed by atoms with E-state index >= 15 is 0 Å². The Morgan fingerprint density at radius 2 is 1.83 bits per heavy atom. The van der Waals surface area contributed by atoms with Crippen LogP contribution in [-0.4, -0.2) is 30.1 Å². The number of benzene rings is 1. The summed E-state index contributed by atoms with van der Waals surface area (Å²) in [4.78, 5) is 12.5. The summed E-state index contributed by atoms with van der Waals surface area (Å²) in [6.45, 7) is 3.51. The quantitative estimate of drug-likeness (QED) is 0.813. The van der Waals surface area contributed by atoms with Crippen molar-refractivity contribution in [1.82, 2.24) is 14.5 Å². The van der Waals surface area contributed by atoms with Gasteiger partial charge in [-0.05, 0) is 30.2 Å². The number of anilines is 1. The molecule has 0 fully saturated rings. The third-order valence-corrected chi connectivity index (χ3v) is 5.03. The third-order valence-electron chi connectivity index (χ3n) is 3.32. The van der Waals surface area contributed by atoms with Crippen molar-refractivity contribution >= 4 is 33.3 Å². The van der Waals surface area contributed by atoms with Gasteiger partial charge in [0.2, 0.25) is 15.9 Å². The number of halogens is 1. The highest BCUT2D eigenvalue weighted by atomic mass is 35.5. The Labute approximate surface area is 146 Å². The number of nitrogens with zero attached hydrogens (tertiary/aromatic N) is 2. The van der Waals surface area contributed by atoms with E-state index in [4.69, 9.17) is 11.6 Å². The normalized spacial score (nSPS) is 13.0. The van der Waals surface area contributed by atoms with Crippen LogP contribution in [0.15, 0.2) is 41.4 Å². The first-order valence-electron chi connectivity index (χ1n) is 7.27. The minimum absolute atomic E-state index is 0.0446. The summed E-state index contributed by atoms with van der Waals surface area (Å²) < 4.78 is 28.9. The molecule has 130 valence electrons. The molecule has 0 aliphatic carbocycles. The van der Waals surface area contributed by atoms with E-state index in [1.807, 2.05) is 0 Å². The summed E-state index contributed by atoms with van der Waals surface area (Å²) in [5.41, 5.74) is 0. The number of hydrogen-bond donors (Lipinski definition) is 2. The number of rotatable bonds is 6. The summed E-state index contributed by atoms with van der Waals surface area (Å²) in [6.07, 6.45) is 1.68. The fourth-order valence-electron chi connectivity index (χ4n) is 2.03. The fourth-order valence-corrected chi connectivity index (χ4v) is 3.50. The number of amides is 1. The highest BCUT2D eigenvalue weighted by molar-refractivity contribution is 7.89. The van der Waals surface area contributed by atoms with Gasteiger partial charge < -0.3 is 5.32 Å². The molecule has 0 saturated carbocycles. The second-order valence-electron chi connectivity index (χ2n) is 5.66. The highest BCUT2D eigenvalue weighted by Crippen LogP contribution is 2.16. The largest absolute Gasteiger partial charge is 0.308 e. The lowest BCUT2D eigenvalue weighted by atomic mass is 10.1. The van der Waals surface area contributed by atoms with Gasteiger partial charge in [0, 0.05) is 24.3 Å². The van der Waals surface area contributed by atoms with Crippen molar-refractivity contribution in [3.63, 3.8) is 0 Å². The van der Waals surface area contributed by atoms with Gasteiger partial charge in [-0.25, -0.2) is 8.42 Å². The van der Waals surface area contributed by atoms with E-state index in [0.717, 1.165) is 0 Å². The topological polar surface area (TPSA) is 93.1 Å². The number of aromatic nitrogens is 2. The average molecular weight is 371 g/mol. The Morgan fingerprint density at radius 3 is 2.33 bits per heavy atom. The van der Waals surface area contributed by atoms with Crippen molar-refractivity contribution in [3.8, 4) is 0 Å². The van der Waals surface area contributed by atoms with Gasteiger partial charge in [-0.2, -0.15) is 9.82 Å². The van der Waals surface area contributed by atoms with E-state index in [2.05, 4.69) is 15.1 Å². The summed E-state index contributed by atoms with van der Waals surface area (Å²) in [5, 5.41) is 7.09. The maximum atomic E-state index is 12.5. The molecule has 0 saturated heterocycles. The van der Waals surface area contributed by atoms with Crippen LogP contribution in [0.25, 0.3) is 0 Å². The van der Waals surface area contributed by atoms with Gasteiger partial charge in [0.05, 0.1) is 4.90 Å². The molecule has 1 aromatic heterocycles. The van der Waals surface area contributed by atoms with Crippen LogP contribution in [0, 0.1) is 5.92 Å². The lowest BCUT2D eigenvalue weighted by Crippen LogP contribution is -2.47. The van der Waals surface area contributed by atoms with Gasteiger partial charge in [-0.3, -0.25) is 9.48 Å². The third kappa shape index (κ3) is 4.56. The van der Waals surface area contributed by atoms with Crippen molar-refractivity contribution in [3.05, 3.63) is 41.6 Å². The monoisotopic (exact) mass is 370 g/mol. The fraction of sp³-hybridized carbons (Fsp3) is 0.333. The van der Waals surface area contributed by atoms with Gasteiger partial charge in [0.25, 0.3) is 0 Å². The first-order valence-corrected chi connectivity index (χ1v) is 9.13. The molecule has 0 unspecified atom stereocenters. The second kappa shape index (κ2) is 7.33. The maximum Gasteiger partial charge on any atom is 0.244 e. The zero-order valence-electron chi connectivity index (χ0n) is 13.5. The van der Waals surface area contributed by atoms with E-state index < -0.39 is 22.0 Å². The van der Waals surface area contributed by atoms with Gasteiger partial charge in [-0.1, -0.05) is 25.4 Å². The van der Waals surface area contributed by atoms with Crippen LogP contribution in [0.4, 0.5) is 5.82 Å². The molecule has 9 heteroatoms. The molecule has 0 spiro atoms. The molecule has 1 amide bonds. The Bertz CT molecular complexity index is 815. The smallest absolute Gasteiger partial charge is 0.244 e. The van der Waals surface area contributed by atoms with E-state index in [9.17, 15) is 13.2 Å². The standard InChI is InChI=1S/C15H19ClN4O3S/c1-10(2)14(15(21)17-13-8-9-20(3)18-13)19-24(22,23)12-6-4-11(16)5-7-12/h4-10,14,19H,1-3H3,(H,17,18,21)/t14-/m0/s1. The minimum Gasteiger partial charge on any atom is -0.308 e. The van der Waals surface area contributed by atoms with Crippen LogP contribution in [-0.2, 0) is 21.9 Å². The maximum absolute atomic E-state index is 12.5. The first kappa shape index (κ1) is 18.4. The van der Waals surface area contributed by atoms with E-state index in [-0.39, 0.29) is 10.8 Å². The van der Waals surface area contributed by atoms with Gasteiger partial charge in [-0.15, -0.1) is 0 Å². The number of nitrogens with one attached hydrogen (secondary N) is 2. The van der Waals surface area contributed by atoms with Crippen molar-refractivity contribution in [2.75, 3.05) is 5.32 Å². The molecule has 1 atom stereocenters. The molecular formula is C15H19ClN4O3S. The van der Waals surface area contributed by atoms with E-state index in [1.54, 1.807) is 33.2 Å². The van der Waals surface area contributed by atoms with Crippen LogP contribution >= 0.6 is 11.6 Å². The van der Waals surface area contributed by atoms with Crippen molar-refractivity contribution in [2.45, 2.75) is 24.8 Å². The highest BCUT2D eigenvalue weighted by Gasteiger charge is 2.28. The number of aryl methyl sites for hydroxylation is 1. The van der Waals surface area contributed by atoms with Crippen LogP contribution in [0.2, 0.25) is 5.02 Å². The van der Waals surface area contributed by atoms with Gasteiger partial charge in [0.1, 0.15) is 6.04 Å². The molecule has 2 N–H and O–H groups in total. The Hall–Kier alpha value is -1.90. The molecular weight excluding hydrogens is 352 g/mol. The number of sulfonamides is 1. The van der Waals surface area contributed by atoms with Gasteiger partial charge in [0.15, 0.2) is 5.82 Å². The molecule has 2 aromatic rings. The van der Waals surface area contributed by atoms with Crippen LogP contribution in [0.5, 0.6) is 0 Å². The summed E-state index contributed by atoms with van der Waals surface area (Å²) >= 11 is 5.77. The Morgan fingerprint density at radius 1 is 1.21 bits per heavy atom. The zero-order chi connectivity index (χ0) is 17.9. The SMILES string of the molecule is CC(C)[C@H](NS(=O)(=O)c1ccc(Cl)cc1)C(=O)Nc1ccn(C)n1. The molecule has 0 aliphatic heterocycles. The Balaban J connectivity index is 2.18. The lowest BCUT2D eigenvalue weighted by Gasteiger charge is -2.21. The van der Waals surface area contributed by atoms with Crippen molar-refractivity contribution in [1.29, 1.82) is 0 Å². The molecule has 24 heavy (non-hydrogen) atoms. The van der Waals surface area contributed by atoms with Crippen LogP contribution in [0.3, 0.4) is 0 Å². The molecule has 2 rings (SSSR count). The van der Waals surface area contributed by atoms with Gasteiger partial charge >= 0.3 is 0 Å². The summed E-state index contributed by atoms with van der Waals surface area (Å²) in [7, 11) is -2.13. The summed E-state index contributed by atoms with van der Waals surface area (Å²) in [6, 6.07) is 6.43. The second-order valence-corrected chi connectivity index (χ2v) is 7.81. The molecule has 0 bridgehead atoms. The molecule has 0 aliphatic rings. The molecule has 1 heterocycles. The molecule has 1 aromatic carbocycles.